The van der Waals surface area contributed by atoms with Crippen molar-refractivity contribution in [3.05, 3.63) is 88.4 Å². The minimum atomic E-state index is -0.432. The highest BCUT2D eigenvalue weighted by molar-refractivity contribution is 6.12. The number of nitrogens with one attached hydrogen (secondary N) is 1. The largest absolute Gasteiger partial charge is 0.319 e. The lowest BCUT2D eigenvalue weighted by Crippen LogP contribution is -2.15. The van der Waals surface area contributed by atoms with Crippen LogP contribution in [0.25, 0.3) is 10.9 Å². The average Bonchev–Trinajstić information content (AvgIpc) is 3.59. The van der Waals surface area contributed by atoms with Crippen LogP contribution in [0.5, 0.6) is 0 Å². The molecule has 1 aliphatic carbocycles. The van der Waals surface area contributed by atoms with Crippen LogP contribution in [0, 0.1) is 25.5 Å². The van der Waals surface area contributed by atoms with Crippen LogP contribution in [0.2, 0.25) is 0 Å². The second-order valence-corrected chi connectivity index (χ2v) is 8.29. The first-order chi connectivity index (χ1) is 15.4. The monoisotopic (exact) mass is 432 g/mol. The fourth-order valence-electron chi connectivity index (χ4n) is 3.98. The SMILES string of the molecule is Cc1nn(Cc2ccc(F)cc2)c(C)c1NC(=O)c1cc(C2CC2)nc2c(F)cccc12. The van der Waals surface area contributed by atoms with Crippen LogP contribution in [0.15, 0.2) is 48.5 Å². The first kappa shape index (κ1) is 20.3. The molecule has 1 amide bonds. The minimum Gasteiger partial charge on any atom is -0.319 e. The van der Waals surface area contributed by atoms with Crippen molar-refractivity contribution in [1.82, 2.24) is 14.8 Å². The van der Waals surface area contributed by atoms with Gasteiger partial charge in [-0.3, -0.25) is 9.48 Å². The summed E-state index contributed by atoms with van der Waals surface area (Å²) >= 11 is 0. The summed E-state index contributed by atoms with van der Waals surface area (Å²) in [6, 6.07) is 12.7. The average molecular weight is 432 g/mol. The molecule has 1 aliphatic rings. The molecule has 162 valence electrons. The molecular formula is C25H22F2N4O. The van der Waals surface area contributed by atoms with Crippen molar-refractivity contribution in [2.45, 2.75) is 39.2 Å². The number of hydrogen-bond donors (Lipinski definition) is 1. The summed E-state index contributed by atoms with van der Waals surface area (Å²) in [5, 5.41) is 8.01. The number of amides is 1. The highest BCUT2D eigenvalue weighted by Gasteiger charge is 2.28. The normalized spacial score (nSPS) is 13.5. The molecule has 0 saturated heterocycles. The van der Waals surface area contributed by atoms with E-state index in [-0.39, 0.29) is 23.2 Å². The number of para-hydroxylation sites is 1. The van der Waals surface area contributed by atoms with Gasteiger partial charge in [0.1, 0.15) is 17.2 Å². The van der Waals surface area contributed by atoms with E-state index in [9.17, 15) is 13.6 Å². The summed E-state index contributed by atoms with van der Waals surface area (Å²) in [5.41, 5.74) is 4.36. The Bertz CT molecular complexity index is 1340. The fourth-order valence-corrected chi connectivity index (χ4v) is 3.98. The van der Waals surface area contributed by atoms with Gasteiger partial charge in [-0.25, -0.2) is 13.8 Å². The predicted molar refractivity (Wildman–Crippen MR) is 119 cm³/mol. The van der Waals surface area contributed by atoms with Gasteiger partial charge in [0.05, 0.1) is 29.2 Å². The van der Waals surface area contributed by atoms with Gasteiger partial charge >= 0.3 is 0 Å². The van der Waals surface area contributed by atoms with Gasteiger partial charge < -0.3 is 5.32 Å². The van der Waals surface area contributed by atoms with Crippen molar-refractivity contribution in [2.75, 3.05) is 5.32 Å². The Kier molecular flexibility index (Phi) is 4.96. The number of carbonyl (C=O) groups is 1. The molecule has 2 heterocycles. The predicted octanol–water partition coefficient (Wildman–Crippen LogP) is 5.50. The maximum atomic E-state index is 14.5. The number of nitrogens with zero attached hydrogens (tertiary/aromatic N) is 3. The Morgan fingerprint density at radius 1 is 1.12 bits per heavy atom. The lowest BCUT2D eigenvalue weighted by atomic mass is 10.0. The Balaban J connectivity index is 1.48. The van der Waals surface area contributed by atoms with Crippen LogP contribution in [0.4, 0.5) is 14.5 Å². The molecule has 32 heavy (non-hydrogen) atoms. The summed E-state index contributed by atoms with van der Waals surface area (Å²) < 4.78 is 29.4. The Labute approximate surface area is 184 Å². The second kappa shape index (κ2) is 7.82. The smallest absolute Gasteiger partial charge is 0.256 e. The molecule has 0 spiro atoms. The van der Waals surface area contributed by atoms with Gasteiger partial charge in [0.25, 0.3) is 5.91 Å². The van der Waals surface area contributed by atoms with Gasteiger partial charge in [0, 0.05) is 17.0 Å². The highest BCUT2D eigenvalue weighted by atomic mass is 19.1. The first-order valence-corrected chi connectivity index (χ1v) is 10.6. The number of hydrogen-bond acceptors (Lipinski definition) is 3. The molecule has 0 aliphatic heterocycles. The van der Waals surface area contributed by atoms with E-state index in [1.54, 1.807) is 35.0 Å². The zero-order valence-electron chi connectivity index (χ0n) is 17.8. The van der Waals surface area contributed by atoms with E-state index in [2.05, 4.69) is 15.4 Å². The Morgan fingerprint density at radius 3 is 2.59 bits per heavy atom. The van der Waals surface area contributed by atoms with E-state index < -0.39 is 5.82 Å². The fraction of sp³-hybridized carbons (Fsp3) is 0.240. The zero-order valence-corrected chi connectivity index (χ0v) is 17.8. The summed E-state index contributed by atoms with van der Waals surface area (Å²) in [5.74, 6) is -0.759. The number of anilines is 1. The molecule has 0 unspecified atom stereocenters. The van der Waals surface area contributed by atoms with Gasteiger partial charge in [-0.15, -0.1) is 0 Å². The highest BCUT2D eigenvalue weighted by Crippen LogP contribution is 2.40. The molecular weight excluding hydrogens is 410 g/mol. The zero-order chi connectivity index (χ0) is 22.4. The minimum absolute atomic E-state index is 0.225. The number of rotatable bonds is 5. The van der Waals surface area contributed by atoms with E-state index in [1.165, 1.54) is 18.2 Å². The number of aromatic nitrogens is 3. The van der Waals surface area contributed by atoms with E-state index in [1.807, 2.05) is 13.8 Å². The number of aryl methyl sites for hydroxylation is 1. The topological polar surface area (TPSA) is 59.8 Å². The summed E-state index contributed by atoms with van der Waals surface area (Å²) in [7, 11) is 0. The van der Waals surface area contributed by atoms with Crippen molar-refractivity contribution in [2.24, 2.45) is 0 Å². The standard InChI is InChI=1S/C25H22F2N4O/c1-14-23(15(2)31(30-14)13-16-6-10-18(26)11-7-16)29-25(32)20-12-22(17-8-9-17)28-24-19(20)4-3-5-21(24)27/h3-7,10-12,17H,8-9,13H2,1-2H3,(H,29,32). The van der Waals surface area contributed by atoms with Crippen molar-refractivity contribution in [3.63, 3.8) is 0 Å². The van der Waals surface area contributed by atoms with Crippen LogP contribution >= 0.6 is 0 Å². The molecule has 0 bridgehead atoms. The number of halogens is 2. The molecule has 1 N–H and O–H groups in total. The first-order valence-electron chi connectivity index (χ1n) is 10.6. The van der Waals surface area contributed by atoms with E-state index >= 15 is 0 Å². The van der Waals surface area contributed by atoms with Crippen molar-refractivity contribution in [3.8, 4) is 0 Å². The Morgan fingerprint density at radius 2 is 1.88 bits per heavy atom. The molecule has 1 saturated carbocycles. The summed E-state index contributed by atoms with van der Waals surface area (Å²) in [6.07, 6.45) is 2.00. The quantitative estimate of drug-likeness (QED) is 0.453. The third-order valence-electron chi connectivity index (χ3n) is 5.92. The molecule has 2 aromatic heterocycles. The van der Waals surface area contributed by atoms with Crippen molar-refractivity contribution >= 4 is 22.5 Å². The number of pyridine rings is 1. The van der Waals surface area contributed by atoms with Crippen LogP contribution in [0.1, 0.15) is 51.8 Å². The van der Waals surface area contributed by atoms with Gasteiger partial charge in [0.15, 0.2) is 0 Å². The molecule has 5 nitrogen and oxygen atoms in total. The summed E-state index contributed by atoms with van der Waals surface area (Å²) in [4.78, 5) is 17.8. The van der Waals surface area contributed by atoms with E-state index in [4.69, 9.17) is 0 Å². The van der Waals surface area contributed by atoms with Crippen molar-refractivity contribution < 1.29 is 13.6 Å². The van der Waals surface area contributed by atoms with Crippen molar-refractivity contribution in [1.29, 1.82) is 0 Å². The third kappa shape index (κ3) is 3.75. The van der Waals surface area contributed by atoms with Gasteiger partial charge in [-0.1, -0.05) is 24.3 Å². The van der Waals surface area contributed by atoms with Crippen LogP contribution in [-0.2, 0) is 6.54 Å². The maximum Gasteiger partial charge on any atom is 0.256 e. The molecule has 2 aromatic carbocycles. The number of carbonyl (C=O) groups excluding carboxylic acids is 1. The van der Waals surface area contributed by atoms with Crippen LogP contribution in [-0.4, -0.2) is 20.7 Å². The third-order valence-corrected chi connectivity index (χ3v) is 5.92. The number of fused-ring (bicyclic) bond motifs is 1. The lowest BCUT2D eigenvalue weighted by Gasteiger charge is -2.11. The molecule has 0 atom stereocenters. The van der Waals surface area contributed by atoms with Gasteiger partial charge in [-0.2, -0.15) is 5.10 Å². The van der Waals surface area contributed by atoms with Crippen LogP contribution < -0.4 is 5.32 Å². The molecule has 1 fully saturated rings. The van der Waals surface area contributed by atoms with E-state index in [0.29, 0.717) is 28.9 Å². The van der Waals surface area contributed by atoms with Gasteiger partial charge in [-0.05, 0) is 56.5 Å². The molecule has 7 heteroatoms. The Hall–Kier alpha value is -3.61. The molecule has 0 radical (unpaired) electrons. The summed E-state index contributed by atoms with van der Waals surface area (Å²) in [6.45, 7) is 4.15. The molecule has 4 aromatic rings. The maximum absolute atomic E-state index is 14.5. The number of benzene rings is 2. The molecule has 5 rings (SSSR count). The van der Waals surface area contributed by atoms with E-state index in [0.717, 1.165) is 29.8 Å². The lowest BCUT2D eigenvalue weighted by molar-refractivity contribution is 0.102. The second-order valence-electron chi connectivity index (χ2n) is 8.29. The van der Waals surface area contributed by atoms with Gasteiger partial charge in [0.2, 0.25) is 0 Å². The van der Waals surface area contributed by atoms with Crippen LogP contribution in [0.3, 0.4) is 0 Å².